The van der Waals surface area contributed by atoms with E-state index in [0.717, 1.165) is 0 Å². The molecule has 0 saturated heterocycles. The Morgan fingerprint density at radius 3 is 2.24 bits per heavy atom. The molecule has 0 aliphatic carbocycles. The summed E-state index contributed by atoms with van der Waals surface area (Å²) in [6.45, 7) is 2.35. The average molecular weight is 480 g/mol. The minimum atomic E-state index is -1.07. The SMILES string of the molecule is Cc1ccc(CN)cc1.O=[C-]NCC(=O)O.[Fm]. The average Bonchev–Trinajstić information content (AvgIpc) is 2.28. The number of aryl methyl sites for hydroxylation is 1. The quantitative estimate of drug-likeness (QED) is 0.424. The van der Waals surface area contributed by atoms with Crippen molar-refractivity contribution in [1.29, 1.82) is 0 Å². The van der Waals surface area contributed by atoms with Crippen LogP contribution in [0.15, 0.2) is 24.3 Å². The zero-order valence-corrected chi connectivity index (χ0v) is 11.8. The smallest absolute Gasteiger partial charge is 0.320 e. The van der Waals surface area contributed by atoms with Crippen molar-refractivity contribution in [2.24, 2.45) is 5.73 Å². The molecule has 5 nitrogen and oxygen atoms in total. The molecular formula is C11H15FmN2O3-. The molecule has 0 radical (unpaired) electrons. The fourth-order valence-electron chi connectivity index (χ4n) is 0.836. The number of rotatable bonds is 4. The van der Waals surface area contributed by atoms with Crippen LogP contribution in [0, 0.1) is 6.92 Å². The molecule has 0 atom stereocenters. The first kappa shape index (κ1) is 16.5. The van der Waals surface area contributed by atoms with Gasteiger partial charge < -0.3 is 21.0 Å². The Hall–Kier alpha value is -2.88. The molecule has 0 bridgehead atoms. The van der Waals surface area contributed by atoms with Gasteiger partial charge in [-0.2, -0.15) is 6.41 Å². The third-order valence-electron chi connectivity index (χ3n) is 1.67. The van der Waals surface area contributed by atoms with Crippen LogP contribution in [0.5, 0.6) is 0 Å². The van der Waals surface area contributed by atoms with Crippen molar-refractivity contribution in [2.45, 2.75) is 13.5 Å². The van der Waals surface area contributed by atoms with Crippen molar-refractivity contribution >= 4 is 12.4 Å². The fraction of sp³-hybridized carbons (Fsp3) is 0.273. The molecule has 0 heterocycles. The van der Waals surface area contributed by atoms with E-state index in [4.69, 9.17) is 10.8 Å². The summed E-state index contributed by atoms with van der Waals surface area (Å²) in [5.74, 6) is -1.07. The summed E-state index contributed by atoms with van der Waals surface area (Å²) in [6.07, 6.45) is 1.22. The number of nitrogens with one attached hydrogen (secondary N) is 1. The van der Waals surface area contributed by atoms with Gasteiger partial charge in [-0.1, -0.05) is 29.8 Å². The van der Waals surface area contributed by atoms with Gasteiger partial charge in [0.15, 0.2) is 0 Å². The number of aliphatic carboxylic acids is 1. The van der Waals surface area contributed by atoms with Gasteiger partial charge in [0.2, 0.25) is 0 Å². The summed E-state index contributed by atoms with van der Waals surface area (Å²) >= 11 is 0. The van der Waals surface area contributed by atoms with Crippen molar-refractivity contribution in [1.82, 2.24) is 5.32 Å². The summed E-state index contributed by atoms with van der Waals surface area (Å²) < 4.78 is 0. The summed E-state index contributed by atoms with van der Waals surface area (Å²) in [7, 11) is 0. The molecule has 0 saturated carbocycles. The van der Waals surface area contributed by atoms with Gasteiger partial charge in [-0.25, -0.2) is 0 Å². The number of carbonyl (C=O) groups is 1. The molecule has 0 aromatic heterocycles. The molecule has 0 unspecified atom stereocenters. The van der Waals surface area contributed by atoms with E-state index in [1.54, 1.807) is 0 Å². The van der Waals surface area contributed by atoms with E-state index in [1.165, 1.54) is 17.5 Å². The Bertz CT molecular complexity index is 328. The molecule has 1 aromatic carbocycles. The molecule has 0 aliphatic heterocycles. The second-order valence-electron chi connectivity index (χ2n) is 3.04. The van der Waals surface area contributed by atoms with E-state index >= 15 is 0 Å². The van der Waals surface area contributed by atoms with Gasteiger partial charge in [0.05, 0.1) is 6.54 Å². The van der Waals surface area contributed by atoms with Crippen molar-refractivity contribution in [2.75, 3.05) is 6.54 Å². The molecule has 0 spiro atoms. The van der Waals surface area contributed by atoms with Crippen molar-refractivity contribution in [3.63, 3.8) is 0 Å². The van der Waals surface area contributed by atoms with Crippen LogP contribution in [0.3, 0.4) is 0 Å². The maximum Gasteiger partial charge on any atom is 0.320 e. The summed E-state index contributed by atoms with van der Waals surface area (Å²) in [5, 5.41) is 9.65. The number of hydrogen-bond donors (Lipinski definition) is 3. The predicted molar refractivity (Wildman–Crippen MR) is 60.4 cm³/mol. The van der Waals surface area contributed by atoms with Crippen LogP contribution in [0.4, 0.5) is 0 Å². The van der Waals surface area contributed by atoms with E-state index in [2.05, 4.69) is 31.2 Å². The molecule has 1 rings (SSSR count). The summed E-state index contributed by atoms with van der Waals surface area (Å²) in [5.41, 5.74) is 7.88. The summed E-state index contributed by atoms with van der Waals surface area (Å²) in [6, 6.07) is 8.25. The maximum atomic E-state index is 9.52. The van der Waals surface area contributed by atoms with Crippen LogP contribution in [0.2, 0.25) is 0 Å². The predicted octanol–water partition coefficient (Wildman–Crippen LogP) is 0.182. The van der Waals surface area contributed by atoms with Gasteiger partial charge in [0.1, 0.15) is 0 Å². The number of carboxylic acid groups (broad SMARTS) is 1. The molecule has 0 aliphatic rings. The van der Waals surface area contributed by atoms with Crippen molar-refractivity contribution in [3.8, 4) is 0 Å². The Balaban J connectivity index is 0. The molecule has 4 N–H and O–H groups in total. The molecular weight excluding hydrogens is 465 g/mol. The van der Waals surface area contributed by atoms with Crippen molar-refractivity contribution < 1.29 is 14.7 Å². The van der Waals surface area contributed by atoms with E-state index in [9.17, 15) is 9.59 Å². The monoisotopic (exact) mass is 480 g/mol. The third kappa shape index (κ3) is 9.42. The van der Waals surface area contributed by atoms with Gasteiger partial charge >= 0.3 is 5.97 Å². The van der Waals surface area contributed by atoms with Crippen molar-refractivity contribution in [3.05, 3.63) is 35.4 Å². The second kappa shape index (κ2) is 9.67. The number of carbonyl (C=O) groups excluding carboxylic acids is 1. The Labute approximate surface area is 94.3 Å². The normalized spacial score (nSPS) is 8.12. The van der Waals surface area contributed by atoms with Gasteiger partial charge in [-0.3, -0.25) is 4.79 Å². The van der Waals surface area contributed by atoms with E-state index < -0.39 is 5.97 Å². The minimum absolute atomic E-state index is 0. The first-order chi connectivity index (χ1) is 7.60. The van der Waals surface area contributed by atoms with Crippen LogP contribution in [0.1, 0.15) is 11.1 Å². The molecule has 17 heavy (non-hydrogen) atoms. The van der Waals surface area contributed by atoms with Crippen LogP contribution in [0.25, 0.3) is 0 Å². The maximum absolute atomic E-state index is 9.52. The number of benzene rings is 1. The summed E-state index contributed by atoms with van der Waals surface area (Å²) in [4.78, 5) is 18.7. The fourth-order valence-corrected chi connectivity index (χ4v) is 0.836. The van der Waals surface area contributed by atoms with Crippen LogP contribution >= 0.6 is 0 Å². The van der Waals surface area contributed by atoms with Crippen LogP contribution < -0.4 is 11.1 Å². The minimum Gasteiger partial charge on any atom is -0.521 e. The Morgan fingerprint density at radius 1 is 1.41 bits per heavy atom. The standard InChI is InChI=1S/C8H11N.C3H4NO3.Fm/c1-7-2-4-8(6-9)5-3-7;5-2-4-1-3(6)7;/h2-5H,6,9H2,1H3;1H2,(H,4,5)(H,6,7);/q;-1;. The topological polar surface area (TPSA) is 92.4 Å². The second-order valence-corrected chi connectivity index (χ2v) is 3.04. The van der Waals surface area contributed by atoms with Gasteiger partial charge in [-0.15, -0.1) is 0 Å². The molecule has 100 valence electrons. The van der Waals surface area contributed by atoms with E-state index in [-0.39, 0.29) is 6.54 Å². The van der Waals surface area contributed by atoms with Gasteiger partial charge in [-0.05, 0) is 12.5 Å². The number of hydrogen-bond acceptors (Lipinski definition) is 3. The van der Waals surface area contributed by atoms with E-state index in [0.29, 0.717) is 6.54 Å². The Morgan fingerprint density at radius 2 is 1.94 bits per heavy atom. The zero-order chi connectivity index (χ0) is 12.4. The van der Waals surface area contributed by atoms with Crippen LogP contribution in [-0.2, 0) is 16.1 Å². The first-order valence-electron chi connectivity index (χ1n) is 4.67. The number of amides is 1. The molecule has 6 heteroatoms. The molecule has 1 aromatic rings. The van der Waals surface area contributed by atoms with Gasteiger partial charge in [0.25, 0.3) is 0 Å². The zero-order valence-electron chi connectivity index (χ0n) is 9.35. The first-order valence-corrected chi connectivity index (χ1v) is 4.67. The molecule has 1 amide bonds. The number of nitrogens with two attached hydrogens (primary N) is 1. The molecule has 0 fully saturated rings. The largest absolute Gasteiger partial charge is 0.521 e. The van der Waals surface area contributed by atoms with Crippen LogP contribution in [-0.4, -0.2) is 24.0 Å². The number of carboxylic acids is 1. The Kier molecular flexibility index (Phi) is 9.41. The van der Waals surface area contributed by atoms with Gasteiger partial charge in [0, 0.05) is 6.54 Å². The van der Waals surface area contributed by atoms with E-state index in [1.807, 2.05) is 5.32 Å². The third-order valence-corrected chi connectivity index (χ3v) is 1.67.